The molecule has 0 aliphatic carbocycles. The zero-order valence-corrected chi connectivity index (χ0v) is 13.5. The van der Waals surface area contributed by atoms with Gasteiger partial charge < -0.3 is 14.5 Å². The molecule has 2 aromatic rings. The van der Waals surface area contributed by atoms with Crippen molar-refractivity contribution in [3.05, 3.63) is 56.0 Å². The van der Waals surface area contributed by atoms with Gasteiger partial charge in [-0.3, -0.25) is 4.79 Å². The van der Waals surface area contributed by atoms with E-state index in [1.165, 1.54) is 11.0 Å². The zero-order chi connectivity index (χ0) is 16.6. The second kappa shape index (κ2) is 6.29. The number of rotatable bonds is 2. The average Bonchev–Trinajstić information content (AvgIpc) is 2.92. The van der Waals surface area contributed by atoms with Gasteiger partial charge in [-0.15, -0.1) is 0 Å². The molecule has 1 saturated heterocycles. The minimum absolute atomic E-state index is 0.0488. The number of benzene rings is 1. The lowest BCUT2D eigenvalue weighted by molar-refractivity contribution is 0.0968. The molecule has 3 rings (SSSR count). The Kier molecular flexibility index (Phi) is 4.37. The number of likely N-dealkylation sites (tertiary alicyclic amines) is 1. The molecule has 2 heterocycles. The number of nitrogens with one attached hydrogen (secondary N) is 1. The maximum absolute atomic E-state index is 11.5. The van der Waals surface area contributed by atoms with Crippen LogP contribution in [0.4, 0.5) is 4.79 Å². The summed E-state index contributed by atoms with van der Waals surface area (Å²) in [6.07, 6.45) is 0.0712. The maximum atomic E-state index is 11.5. The van der Waals surface area contributed by atoms with Crippen LogP contribution in [0.2, 0.25) is 10.0 Å². The molecule has 0 bridgehead atoms. The predicted molar refractivity (Wildman–Crippen MR) is 85.2 cm³/mol. The molecule has 1 amide bonds. The summed E-state index contributed by atoms with van der Waals surface area (Å²) in [7, 11) is 0. The number of aromatic nitrogens is 1. The topological polar surface area (TPSA) is 86.5 Å². The Hall–Kier alpha value is -1.92. The van der Waals surface area contributed by atoms with Crippen LogP contribution >= 0.6 is 23.2 Å². The van der Waals surface area contributed by atoms with Crippen LogP contribution in [0.15, 0.2) is 33.6 Å². The number of H-pyrrole nitrogens is 1. The minimum atomic E-state index is -1.000. The predicted octanol–water partition coefficient (Wildman–Crippen LogP) is 3.87. The molecule has 1 aliphatic heterocycles. The first-order valence-corrected chi connectivity index (χ1v) is 7.83. The minimum Gasteiger partial charge on any atom is -0.465 e. The van der Waals surface area contributed by atoms with Gasteiger partial charge in [0, 0.05) is 28.6 Å². The molecule has 122 valence electrons. The average molecular weight is 357 g/mol. The van der Waals surface area contributed by atoms with E-state index >= 15 is 0 Å². The molecule has 0 spiro atoms. The summed E-state index contributed by atoms with van der Waals surface area (Å²) >= 11 is 12.1. The van der Waals surface area contributed by atoms with Crippen molar-refractivity contribution in [3.8, 4) is 0 Å². The van der Waals surface area contributed by atoms with E-state index < -0.39 is 12.1 Å². The van der Waals surface area contributed by atoms with Gasteiger partial charge >= 0.3 is 6.09 Å². The number of amides is 1. The van der Waals surface area contributed by atoms with E-state index in [0.717, 1.165) is 5.56 Å². The highest BCUT2D eigenvalue weighted by Gasteiger charge is 2.35. The van der Waals surface area contributed by atoms with Crippen LogP contribution in [-0.2, 0) is 0 Å². The van der Waals surface area contributed by atoms with Gasteiger partial charge in [-0.25, -0.2) is 4.79 Å². The van der Waals surface area contributed by atoms with E-state index in [9.17, 15) is 14.7 Å². The summed E-state index contributed by atoms with van der Waals surface area (Å²) in [6.45, 7) is 0.337. The van der Waals surface area contributed by atoms with E-state index in [4.69, 9.17) is 27.7 Å². The molecule has 23 heavy (non-hydrogen) atoms. The first-order valence-electron chi connectivity index (χ1n) is 7.08. The third kappa shape index (κ3) is 3.38. The van der Waals surface area contributed by atoms with Gasteiger partial charge in [0.15, 0.2) is 0 Å². The number of carboxylic acid groups (broad SMARTS) is 1. The van der Waals surface area contributed by atoms with E-state index in [1.54, 1.807) is 18.2 Å². The zero-order valence-electron chi connectivity index (χ0n) is 12.0. The molecule has 1 aromatic carbocycles. The summed E-state index contributed by atoms with van der Waals surface area (Å²) in [5, 5.41) is 12.6. The number of hydrogen-bond acceptors (Lipinski definition) is 3. The Morgan fingerprint density at radius 1 is 1.26 bits per heavy atom. The highest BCUT2D eigenvalue weighted by molar-refractivity contribution is 6.34. The third-order valence-electron chi connectivity index (χ3n) is 4.06. The summed E-state index contributed by atoms with van der Waals surface area (Å²) in [6, 6.07) is 6.03. The van der Waals surface area contributed by atoms with Crippen molar-refractivity contribution in [1.82, 2.24) is 10.1 Å². The number of hydrogen-bond donors (Lipinski definition) is 2. The van der Waals surface area contributed by atoms with E-state index in [2.05, 4.69) is 5.16 Å². The van der Waals surface area contributed by atoms with Gasteiger partial charge in [0.2, 0.25) is 0 Å². The monoisotopic (exact) mass is 356 g/mol. The van der Waals surface area contributed by atoms with Gasteiger partial charge in [-0.1, -0.05) is 23.2 Å². The largest absolute Gasteiger partial charge is 0.465 e. The maximum Gasteiger partial charge on any atom is 0.407 e. The SMILES string of the molecule is O=C(O)N1CCC(c2cc(=O)[nH]o2)CC1c1cc(Cl)cc(Cl)c1. The Labute approximate surface area is 141 Å². The molecule has 2 N–H and O–H groups in total. The first kappa shape index (κ1) is 16.0. The van der Waals surface area contributed by atoms with Crippen molar-refractivity contribution in [3.63, 3.8) is 0 Å². The van der Waals surface area contributed by atoms with Crippen molar-refractivity contribution >= 4 is 29.3 Å². The normalized spacial score (nSPS) is 21.4. The number of aromatic amines is 1. The molecule has 6 nitrogen and oxygen atoms in total. The van der Waals surface area contributed by atoms with Crippen LogP contribution in [0.25, 0.3) is 0 Å². The van der Waals surface area contributed by atoms with E-state index in [0.29, 0.717) is 35.2 Å². The Morgan fingerprint density at radius 2 is 1.96 bits per heavy atom. The van der Waals surface area contributed by atoms with Crippen molar-refractivity contribution in [2.24, 2.45) is 0 Å². The van der Waals surface area contributed by atoms with Gasteiger partial charge in [-0.2, -0.15) is 5.16 Å². The van der Waals surface area contributed by atoms with Crippen molar-refractivity contribution in [2.75, 3.05) is 6.54 Å². The molecule has 2 unspecified atom stereocenters. The second-order valence-corrected chi connectivity index (χ2v) is 6.40. The van der Waals surface area contributed by atoms with Gasteiger partial charge in [0.1, 0.15) is 5.76 Å². The standard InChI is InChI=1S/C15H14Cl2N2O4/c16-10-3-9(4-11(17)6-10)12-5-8(1-2-19(12)15(21)22)13-7-14(20)18-23-13/h3-4,6-8,12H,1-2,5H2,(H,18,20)(H,21,22). The summed E-state index contributed by atoms with van der Waals surface area (Å²) in [4.78, 5) is 24.2. The van der Waals surface area contributed by atoms with Crippen LogP contribution in [0.1, 0.15) is 36.1 Å². The third-order valence-corrected chi connectivity index (χ3v) is 4.50. The van der Waals surface area contributed by atoms with Gasteiger partial charge in [0.25, 0.3) is 5.56 Å². The van der Waals surface area contributed by atoms with Gasteiger partial charge in [0.05, 0.1) is 6.04 Å². The fourth-order valence-electron chi connectivity index (χ4n) is 3.03. The lowest BCUT2D eigenvalue weighted by atomic mass is 9.86. The first-order chi connectivity index (χ1) is 10.9. The molecule has 1 aliphatic rings. The van der Waals surface area contributed by atoms with Crippen LogP contribution in [-0.4, -0.2) is 27.8 Å². The fraction of sp³-hybridized carbons (Fsp3) is 0.333. The molecule has 0 saturated carbocycles. The molecular weight excluding hydrogens is 343 g/mol. The summed E-state index contributed by atoms with van der Waals surface area (Å²) in [5.74, 6) is 0.491. The van der Waals surface area contributed by atoms with Crippen LogP contribution in [0.5, 0.6) is 0 Å². The molecule has 1 aromatic heterocycles. The van der Waals surface area contributed by atoms with Crippen molar-refractivity contribution in [2.45, 2.75) is 24.8 Å². The number of halogens is 2. The van der Waals surface area contributed by atoms with Gasteiger partial charge in [-0.05, 0) is 36.6 Å². The Morgan fingerprint density at radius 3 is 2.52 bits per heavy atom. The summed E-state index contributed by atoms with van der Waals surface area (Å²) < 4.78 is 5.18. The van der Waals surface area contributed by atoms with Crippen LogP contribution in [0.3, 0.4) is 0 Å². The highest BCUT2D eigenvalue weighted by atomic mass is 35.5. The fourth-order valence-corrected chi connectivity index (χ4v) is 3.58. The Balaban J connectivity index is 1.94. The molecule has 1 fully saturated rings. The van der Waals surface area contributed by atoms with E-state index in [1.807, 2.05) is 0 Å². The highest BCUT2D eigenvalue weighted by Crippen LogP contribution is 2.40. The second-order valence-electron chi connectivity index (χ2n) is 5.53. The van der Waals surface area contributed by atoms with Crippen molar-refractivity contribution in [1.29, 1.82) is 0 Å². The Bertz CT molecular complexity index is 766. The molecule has 0 radical (unpaired) electrons. The molecule has 8 heteroatoms. The summed E-state index contributed by atoms with van der Waals surface area (Å²) in [5.41, 5.74) is 0.426. The quantitative estimate of drug-likeness (QED) is 0.854. The van der Waals surface area contributed by atoms with Crippen LogP contribution in [0, 0.1) is 0 Å². The number of carbonyl (C=O) groups is 1. The molecular formula is C15H14Cl2N2O4. The smallest absolute Gasteiger partial charge is 0.407 e. The van der Waals surface area contributed by atoms with Crippen molar-refractivity contribution < 1.29 is 14.4 Å². The number of nitrogens with zero attached hydrogens (tertiary/aromatic N) is 1. The van der Waals surface area contributed by atoms with E-state index in [-0.39, 0.29) is 11.5 Å². The lowest BCUT2D eigenvalue weighted by Crippen LogP contribution is -2.39. The lowest BCUT2D eigenvalue weighted by Gasteiger charge is -2.37. The number of piperidine rings is 1. The van der Waals surface area contributed by atoms with Crippen LogP contribution < -0.4 is 5.56 Å². The molecule has 2 atom stereocenters.